The summed E-state index contributed by atoms with van der Waals surface area (Å²) in [5.74, 6) is -0.437. The number of esters is 1. The Balaban J connectivity index is 2.66. The van der Waals surface area contributed by atoms with Crippen LogP contribution in [0.1, 0.15) is 41.0 Å². The average Bonchev–Trinajstić information content (AvgIpc) is 2.45. The summed E-state index contributed by atoms with van der Waals surface area (Å²) in [6, 6.07) is 0. The summed E-state index contributed by atoms with van der Waals surface area (Å²) in [6.07, 6.45) is 0.223. The van der Waals surface area contributed by atoms with Gasteiger partial charge in [0.1, 0.15) is 0 Å². The topological polar surface area (TPSA) is 70.8 Å². The molecular weight excluding hydrogens is 233 g/mol. The monoisotopic (exact) mass is 257 g/mol. The predicted molar refractivity (Wildman–Crippen MR) is 70.1 cm³/mol. The minimum atomic E-state index is -0.454. The van der Waals surface area contributed by atoms with Crippen molar-refractivity contribution < 1.29 is 18.8 Å². The minimum absolute atomic E-state index is 0.176. The molecule has 1 fully saturated rings. The molecule has 1 aliphatic heterocycles. The highest BCUT2D eigenvalue weighted by Crippen LogP contribution is 2.40. The molecule has 0 aromatic carbocycles. The van der Waals surface area contributed by atoms with Crippen LogP contribution in [-0.2, 0) is 18.8 Å². The fraction of sp³-hybridized carbons (Fsp3) is 0.917. The van der Waals surface area contributed by atoms with Gasteiger partial charge in [-0.1, -0.05) is 0 Å². The zero-order valence-corrected chi connectivity index (χ0v) is 12.0. The van der Waals surface area contributed by atoms with Crippen LogP contribution in [0.4, 0.5) is 0 Å². The number of hydrogen-bond acceptors (Lipinski definition) is 5. The van der Waals surface area contributed by atoms with Gasteiger partial charge in [-0.3, -0.25) is 4.79 Å². The Morgan fingerprint density at radius 1 is 1.28 bits per heavy atom. The van der Waals surface area contributed by atoms with E-state index in [0.29, 0.717) is 13.2 Å². The maximum absolute atomic E-state index is 11.5. The van der Waals surface area contributed by atoms with E-state index < -0.39 is 18.3 Å². The largest absolute Gasteiger partial charge is 0.466 e. The molecule has 1 atom stereocenters. The molecule has 2 N–H and O–H groups in total. The van der Waals surface area contributed by atoms with Gasteiger partial charge in [-0.15, -0.1) is 0 Å². The molecule has 1 saturated heterocycles. The number of carbonyl (C=O) groups is 1. The maximum atomic E-state index is 11.5. The maximum Gasteiger partial charge on any atom is 0.463 e. The molecule has 0 saturated carbocycles. The molecule has 1 heterocycles. The van der Waals surface area contributed by atoms with E-state index in [2.05, 4.69) is 0 Å². The van der Waals surface area contributed by atoms with Crippen molar-refractivity contribution >= 4 is 13.1 Å². The number of carbonyl (C=O) groups excluding carboxylic acids is 1. The zero-order chi connectivity index (χ0) is 14.0. The summed E-state index contributed by atoms with van der Waals surface area (Å²) >= 11 is 0. The van der Waals surface area contributed by atoms with Crippen LogP contribution in [0.2, 0.25) is 5.82 Å². The van der Waals surface area contributed by atoms with E-state index in [4.69, 9.17) is 19.8 Å². The first-order valence-corrected chi connectivity index (χ1v) is 6.45. The fourth-order valence-corrected chi connectivity index (χ4v) is 1.81. The van der Waals surface area contributed by atoms with Crippen molar-refractivity contribution in [2.24, 2.45) is 5.73 Å². The lowest BCUT2D eigenvalue weighted by Crippen LogP contribution is -2.41. The molecule has 5 nitrogen and oxygen atoms in total. The highest BCUT2D eigenvalue weighted by Gasteiger charge is 2.53. The predicted octanol–water partition coefficient (Wildman–Crippen LogP) is 1.36. The fourth-order valence-electron chi connectivity index (χ4n) is 1.81. The lowest BCUT2D eigenvalue weighted by Gasteiger charge is -2.32. The van der Waals surface area contributed by atoms with Crippen molar-refractivity contribution in [3.8, 4) is 0 Å². The molecule has 1 aliphatic rings. The van der Waals surface area contributed by atoms with Crippen LogP contribution in [0.15, 0.2) is 0 Å². The molecule has 0 aromatic rings. The van der Waals surface area contributed by atoms with E-state index >= 15 is 0 Å². The quantitative estimate of drug-likeness (QED) is 0.594. The SMILES string of the molecule is CCOC(=O)CC(CN)B1OC(C)(C)C(C)(C)O1. The van der Waals surface area contributed by atoms with Gasteiger partial charge in [-0.2, -0.15) is 0 Å². The van der Waals surface area contributed by atoms with Crippen LogP contribution in [0.5, 0.6) is 0 Å². The Hall–Kier alpha value is -0.585. The van der Waals surface area contributed by atoms with E-state index in [-0.39, 0.29) is 18.2 Å². The second-order valence-corrected chi connectivity index (χ2v) is 5.63. The minimum Gasteiger partial charge on any atom is -0.466 e. The van der Waals surface area contributed by atoms with Crippen LogP contribution in [-0.4, -0.2) is 37.4 Å². The van der Waals surface area contributed by atoms with Crippen LogP contribution >= 0.6 is 0 Å². The van der Waals surface area contributed by atoms with Crippen molar-refractivity contribution in [3.63, 3.8) is 0 Å². The standard InChI is InChI=1S/C12H24BNO4/c1-6-16-10(15)7-9(8-14)13-17-11(2,3)12(4,5)18-13/h9H,6-8,14H2,1-5H3. The molecule has 0 aliphatic carbocycles. The molecule has 0 radical (unpaired) electrons. The van der Waals surface area contributed by atoms with Gasteiger partial charge in [-0.25, -0.2) is 0 Å². The molecule has 6 heteroatoms. The van der Waals surface area contributed by atoms with E-state index in [0.717, 1.165) is 0 Å². The molecule has 1 rings (SSSR count). The average molecular weight is 257 g/mol. The van der Waals surface area contributed by atoms with Crippen molar-refractivity contribution in [2.45, 2.75) is 58.1 Å². The molecule has 0 bridgehead atoms. The molecule has 0 spiro atoms. The Kier molecular flexibility index (Phi) is 4.81. The number of rotatable bonds is 5. The third-order valence-corrected chi connectivity index (χ3v) is 3.69. The smallest absolute Gasteiger partial charge is 0.463 e. The van der Waals surface area contributed by atoms with Gasteiger partial charge in [0.2, 0.25) is 0 Å². The van der Waals surface area contributed by atoms with E-state index in [1.807, 2.05) is 27.7 Å². The van der Waals surface area contributed by atoms with Crippen LogP contribution < -0.4 is 5.73 Å². The molecule has 104 valence electrons. The summed E-state index contributed by atoms with van der Waals surface area (Å²) in [5.41, 5.74) is 4.90. The normalized spacial score (nSPS) is 22.9. The summed E-state index contributed by atoms with van der Waals surface area (Å²) < 4.78 is 16.7. The van der Waals surface area contributed by atoms with Crippen LogP contribution in [0, 0.1) is 0 Å². The summed E-state index contributed by atoms with van der Waals surface area (Å²) in [5, 5.41) is 0. The van der Waals surface area contributed by atoms with Crippen LogP contribution in [0.3, 0.4) is 0 Å². The summed E-state index contributed by atoms with van der Waals surface area (Å²) in [4.78, 5) is 11.5. The highest BCUT2D eigenvalue weighted by atomic mass is 16.7. The van der Waals surface area contributed by atoms with Crippen molar-refractivity contribution in [2.75, 3.05) is 13.2 Å². The molecule has 18 heavy (non-hydrogen) atoms. The molecule has 0 amide bonds. The summed E-state index contributed by atoms with van der Waals surface area (Å²) in [7, 11) is -0.454. The first-order valence-electron chi connectivity index (χ1n) is 6.45. The van der Waals surface area contributed by atoms with Crippen molar-refractivity contribution in [1.82, 2.24) is 0 Å². The van der Waals surface area contributed by atoms with Gasteiger partial charge in [0.05, 0.1) is 17.8 Å². The lowest BCUT2D eigenvalue weighted by atomic mass is 9.70. The van der Waals surface area contributed by atoms with E-state index in [1.54, 1.807) is 6.92 Å². The highest BCUT2D eigenvalue weighted by molar-refractivity contribution is 6.48. The second-order valence-electron chi connectivity index (χ2n) is 5.63. The Morgan fingerprint density at radius 3 is 2.17 bits per heavy atom. The third kappa shape index (κ3) is 3.25. The molecule has 1 unspecified atom stereocenters. The van der Waals surface area contributed by atoms with Gasteiger partial charge >= 0.3 is 13.1 Å². The van der Waals surface area contributed by atoms with Gasteiger partial charge in [0, 0.05) is 12.2 Å². The van der Waals surface area contributed by atoms with Crippen molar-refractivity contribution in [1.29, 1.82) is 0 Å². The third-order valence-electron chi connectivity index (χ3n) is 3.69. The number of ether oxygens (including phenoxy) is 1. The molecular formula is C12H24BNO4. The summed E-state index contributed by atoms with van der Waals surface area (Å²) in [6.45, 7) is 10.4. The molecule has 0 aromatic heterocycles. The van der Waals surface area contributed by atoms with E-state index in [1.165, 1.54) is 0 Å². The van der Waals surface area contributed by atoms with Gasteiger partial charge in [-0.05, 0) is 41.2 Å². The van der Waals surface area contributed by atoms with Crippen molar-refractivity contribution in [3.05, 3.63) is 0 Å². The Labute approximate surface area is 109 Å². The number of hydrogen-bond donors (Lipinski definition) is 1. The zero-order valence-electron chi connectivity index (χ0n) is 12.0. The number of nitrogens with two attached hydrogens (primary N) is 1. The van der Waals surface area contributed by atoms with Gasteiger partial charge in [0.25, 0.3) is 0 Å². The lowest BCUT2D eigenvalue weighted by molar-refractivity contribution is -0.143. The van der Waals surface area contributed by atoms with E-state index in [9.17, 15) is 4.79 Å². The van der Waals surface area contributed by atoms with Gasteiger partial charge < -0.3 is 19.8 Å². The Morgan fingerprint density at radius 2 is 1.78 bits per heavy atom. The van der Waals surface area contributed by atoms with Crippen LogP contribution in [0.25, 0.3) is 0 Å². The first-order chi connectivity index (χ1) is 8.23. The first kappa shape index (κ1) is 15.5. The Bertz CT molecular complexity index is 290. The second kappa shape index (κ2) is 5.59. The van der Waals surface area contributed by atoms with Gasteiger partial charge in [0.15, 0.2) is 0 Å².